The van der Waals surface area contributed by atoms with E-state index in [2.05, 4.69) is 5.32 Å². The molecule has 2 aromatic rings. The SMILES string of the molecule is CC(=O)Nc1cc(N)c2ccccc2c1C. The van der Waals surface area contributed by atoms with Crippen LogP contribution >= 0.6 is 0 Å². The van der Waals surface area contributed by atoms with Crippen LogP contribution in [0.2, 0.25) is 0 Å². The summed E-state index contributed by atoms with van der Waals surface area (Å²) >= 11 is 0. The second-order valence-corrected chi connectivity index (χ2v) is 3.87. The molecule has 82 valence electrons. The molecule has 0 saturated heterocycles. The van der Waals surface area contributed by atoms with Crippen LogP contribution in [-0.2, 0) is 4.79 Å². The zero-order valence-electron chi connectivity index (χ0n) is 9.37. The predicted molar refractivity (Wildman–Crippen MR) is 67.4 cm³/mol. The smallest absolute Gasteiger partial charge is 0.221 e. The first kappa shape index (κ1) is 10.5. The summed E-state index contributed by atoms with van der Waals surface area (Å²) in [6.07, 6.45) is 0. The normalized spacial score (nSPS) is 10.4. The number of hydrogen-bond donors (Lipinski definition) is 2. The van der Waals surface area contributed by atoms with Gasteiger partial charge in [0.05, 0.1) is 0 Å². The molecule has 2 rings (SSSR count). The average molecular weight is 214 g/mol. The maximum Gasteiger partial charge on any atom is 0.221 e. The summed E-state index contributed by atoms with van der Waals surface area (Å²) in [5.74, 6) is -0.0854. The Morgan fingerprint density at radius 1 is 1.25 bits per heavy atom. The first-order chi connectivity index (χ1) is 7.59. The quantitative estimate of drug-likeness (QED) is 0.717. The third kappa shape index (κ3) is 1.72. The molecule has 3 nitrogen and oxygen atoms in total. The summed E-state index contributed by atoms with van der Waals surface area (Å²) in [5.41, 5.74) is 8.46. The lowest BCUT2D eigenvalue weighted by molar-refractivity contribution is -0.114. The molecule has 0 aliphatic rings. The molecule has 0 fully saturated rings. The highest BCUT2D eigenvalue weighted by molar-refractivity contribution is 6.01. The maximum atomic E-state index is 11.1. The lowest BCUT2D eigenvalue weighted by atomic mass is 10.0. The van der Waals surface area contributed by atoms with E-state index in [1.165, 1.54) is 6.92 Å². The molecule has 0 heterocycles. The Kier molecular flexibility index (Phi) is 2.52. The second kappa shape index (κ2) is 3.85. The van der Waals surface area contributed by atoms with Crippen LogP contribution < -0.4 is 11.1 Å². The number of nitrogen functional groups attached to an aromatic ring is 1. The van der Waals surface area contributed by atoms with E-state index in [4.69, 9.17) is 5.73 Å². The van der Waals surface area contributed by atoms with Gasteiger partial charge < -0.3 is 11.1 Å². The monoisotopic (exact) mass is 214 g/mol. The number of nitrogens with two attached hydrogens (primary N) is 1. The van der Waals surface area contributed by atoms with Crippen LogP contribution in [0.25, 0.3) is 10.8 Å². The number of amides is 1. The van der Waals surface area contributed by atoms with Crippen molar-refractivity contribution in [3.05, 3.63) is 35.9 Å². The first-order valence-corrected chi connectivity index (χ1v) is 5.15. The lowest BCUT2D eigenvalue weighted by Gasteiger charge is -2.12. The number of carbonyl (C=O) groups excluding carboxylic acids is 1. The summed E-state index contributed by atoms with van der Waals surface area (Å²) in [4.78, 5) is 11.1. The van der Waals surface area contributed by atoms with Gasteiger partial charge >= 0.3 is 0 Å². The number of rotatable bonds is 1. The third-order valence-corrected chi connectivity index (χ3v) is 2.66. The van der Waals surface area contributed by atoms with Crippen LogP contribution in [0.1, 0.15) is 12.5 Å². The zero-order chi connectivity index (χ0) is 11.7. The van der Waals surface area contributed by atoms with Gasteiger partial charge in [0.15, 0.2) is 0 Å². The van der Waals surface area contributed by atoms with Gasteiger partial charge in [-0.2, -0.15) is 0 Å². The number of aryl methyl sites for hydroxylation is 1. The van der Waals surface area contributed by atoms with Gasteiger partial charge in [-0.3, -0.25) is 4.79 Å². The summed E-state index contributed by atoms with van der Waals surface area (Å²) in [6, 6.07) is 9.71. The van der Waals surface area contributed by atoms with Crippen molar-refractivity contribution in [2.75, 3.05) is 11.1 Å². The van der Waals surface area contributed by atoms with Crippen LogP contribution in [0.5, 0.6) is 0 Å². The van der Waals surface area contributed by atoms with E-state index in [1.54, 1.807) is 6.07 Å². The van der Waals surface area contributed by atoms with Crippen molar-refractivity contribution in [2.45, 2.75) is 13.8 Å². The Morgan fingerprint density at radius 3 is 2.50 bits per heavy atom. The highest BCUT2D eigenvalue weighted by atomic mass is 16.1. The summed E-state index contributed by atoms with van der Waals surface area (Å²) in [5, 5.41) is 4.88. The predicted octanol–water partition coefficient (Wildman–Crippen LogP) is 2.69. The number of fused-ring (bicyclic) bond motifs is 1. The Labute approximate surface area is 94.3 Å². The summed E-state index contributed by atoms with van der Waals surface area (Å²) in [7, 11) is 0. The Bertz CT molecular complexity index is 561. The molecule has 0 bridgehead atoms. The molecule has 3 N–H and O–H groups in total. The number of nitrogens with one attached hydrogen (secondary N) is 1. The van der Waals surface area contributed by atoms with E-state index >= 15 is 0 Å². The van der Waals surface area contributed by atoms with Crippen molar-refractivity contribution in [2.24, 2.45) is 0 Å². The molecule has 3 heteroatoms. The van der Waals surface area contributed by atoms with Gasteiger partial charge in [-0.05, 0) is 23.9 Å². The Hall–Kier alpha value is -2.03. The summed E-state index contributed by atoms with van der Waals surface area (Å²) in [6.45, 7) is 3.47. The molecular formula is C13H14N2O. The van der Waals surface area contributed by atoms with Crippen molar-refractivity contribution >= 4 is 28.1 Å². The number of carbonyl (C=O) groups is 1. The fourth-order valence-electron chi connectivity index (χ4n) is 1.87. The Morgan fingerprint density at radius 2 is 1.88 bits per heavy atom. The van der Waals surface area contributed by atoms with Crippen LogP contribution in [0.3, 0.4) is 0 Å². The van der Waals surface area contributed by atoms with E-state index in [-0.39, 0.29) is 5.91 Å². The molecule has 0 aromatic heterocycles. The van der Waals surface area contributed by atoms with Gasteiger partial charge in [-0.25, -0.2) is 0 Å². The maximum absolute atomic E-state index is 11.1. The van der Waals surface area contributed by atoms with E-state index in [0.29, 0.717) is 5.69 Å². The fraction of sp³-hybridized carbons (Fsp3) is 0.154. The van der Waals surface area contributed by atoms with Crippen molar-refractivity contribution in [1.29, 1.82) is 0 Å². The zero-order valence-corrected chi connectivity index (χ0v) is 9.37. The van der Waals surface area contributed by atoms with E-state index in [0.717, 1.165) is 22.0 Å². The van der Waals surface area contributed by atoms with E-state index in [1.807, 2.05) is 31.2 Å². The van der Waals surface area contributed by atoms with Gasteiger partial charge in [-0.1, -0.05) is 24.3 Å². The highest BCUT2D eigenvalue weighted by Gasteiger charge is 2.07. The van der Waals surface area contributed by atoms with Crippen molar-refractivity contribution < 1.29 is 4.79 Å². The van der Waals surface area contributed by atoms with Gasteiger partial charge in [0.1, 0.15) is 0 Å². The molecule has 0 saturated carbocycles. The van der Waals surface area contributed by atoms with Crippen LogP contribution in [0, 0.1) is 6.92 Å². The van der Waals surface area contributed by atoms with E-state index < -0.39 is 0 Å². The van der Waals surface area contributed by atoms with Crippen LogP contribution in [0.4, 0.5) is 11.4 Å². The third-order valence-electron chi connectivity index (χ3n) is 2.66. The topological polar surface area (TPSA) is 55.1 Å². The van der Waals surface area contributed by atoms with Gasteiger partial charge in [0, 0.05) is 23.7 Å². The Balaban J connectivity index is 2.70. The molecule has 1 amide bonds. The van der Waals surface area contributed by atoms with Gasteiger partial charge in [0.2, 0.25) is 5.91 Å². The highest BCUT2D eigenvalue weighted by Crippen LogP contribution is 2.30. The summed E-state index contributed by atoms with van der Waals surface area (Å²) < 4.78 is 0. The molecule has 0 aliphatic heterocycles. The van der Waals surface area contributed by atoms with Crippen LogP contribution in [0.15, 0.2) is 30.3 Å². The standard InChI is InChI=1S/C13H14N2O/c1-8-10-5-3-4-6-11(10)12(14)7-13(8)15-9(2)16/h3-7H,14H2,1-2H3,(H,15,16). The number of hydrogen-bond acceptors (Lipinski definition) is 2. The fourth-order valence-corrected chi connectivity index (χ4v) is 1.87. The first-order valence-electron chi connectivity index (χ1n) is 5.15. The van der Waals surface area contributed by atoms with Gasteiger partial charge in [-0.15, -0.1) is 0 Å². The molecule has 0 unspecified atom stereocenters. The van der Waals surface area contributed by atoms with Crippen molar-refractivity contribution in [3.63, 3.8) is 0 Å². The van der Waals surface area contributed by atoms with E-state index in [9.17, 15) is 4.79 Å². The van der Waals surface area contributed by atoms with Crippen LogP contribution in [-0.4, -0.2) is 5.91 Å². The molecule has 0 aliphatic carbocycles. The average Bonchev–Trinajstić information content (AvgIpc) is 2.25. The molecule has 0 atom stereocenters. The minimum absolute atomic E-state index is 0.0854. The van der Waals surface area contributed by atoms with Gasteiger partial charge in [0.25, 0.3) is 0 Å². The minimum atomic E-state index is -0.0854. The largest absolute Gasteiger partial charge is 0.398 e. The molecule has 0 spiro atoms. The lowest BCUT2D eigenvalue weighted by Crippen LogP contribution is -2.08. The van der Waals surface area contributed by atoms with Crippen molar-refractivity contribution in [1.82, 2.24) is 0 Å². The number of anilines is 2. The molecule has 16 heavy (non-hydrogen) atoms. The molecular weight excluding hydrogens is 200 g/mol. The number of benzene rings is 2. The molecule has 2 aromatic carbocycles. The minimum Gasteiger partial charge on any atom is -0.398 e. The second-order valence-electron chi connectivity index (χ2n) is 3.87. The molecule has 0 radical (unpaired) electrons. The van der Waals surface area contributed by atoms with Crippen molar-refractivity contribution in [3.8, 4) is 0 Å².